The molecule has 5 nitrogen and oxygen atoms in total. The van der Waals surface area contributed by atoms with Gasteiger partial charge >= 0.3 is 5.97 Å². The SMILES string of the molecule is CCOC(=O)[C@@H](C#N)/C=C(/C(=O)c1ccc(Cl)cc1)N1C=CC(C)=CC1. The Hall–Kier alpha value is -2.84. The predicted molar refractivity (Wildman–Crippen MR) is 99.2 cm³/mol. The summed E-state index contributed by atoms with van der Waals surface area (Å²) in [6.45, 7) is 4.25. The standard InChI is InChI=1S/C20H19ClN2O3/c1-3-26-20(25)16(13-22)12-18(23-10-8-14(2)9-11-23)19(24)15-4-6-17(21)7-5-15/h4-10,12,16H,3,11H2,1-2H3/b18-12-/t16-/m1/s1. The number of nitrogens with zero attached hydrogens (tertiary/aromatic N) is 2. The van der Waals surface area contributed by atoms with Crippen LogP contribution in [0.2, 0.25) is 5.02 Å². The van der Waals surface area contributed by atoms with E-state index < -0.39 is 11.9 Å². The molecule has 0 aromatic heterocycles. The Balaban J connectivity index is 2.41. The number of Topliss-reactive ketones (excluding diaryl/α,β-unsaturated/α-hetero) is 1. The molecule has 26 heavy (non-hydrogen) atoms. The molecule has 0 N–H and O–H groups in total. The van der Waals surface area contributed by atoms with Crippen molar-refractivity contribution in [2.45, 2.75) is 13.8 Å². The maximum absolute atomic E-state index is 13.0. The van der Waals surface area contributed by atoms with E-state index in [-0.39, 0.29) is 18.1 Å². The van der Waals surface area contributed by atoms with Gasteiger partial charge in [0, 0.05) is 23.3 Å². The second-order valence-corrected chi connectivity index (χ2v) is 6.10. The van der Waals surface area contributed by atoms with E-state index in [1.165, 1.54) is 6.08 Å². The molecule has 1 aliphatic rings. The molecule has 0 saturated carbocycles. The normalized spacial score (nSPS) is 15.1. The number of hydrogen-bond acceptors (Lipinski definition) is 5. The zero-order chi connectivity index (χ0) is 19.1. The van der Waals surface area contributed by atoms with Crippen molar-refractivity contribution < 1.29 is 14.3 Å². The van der Waals surface area contributed by atoms with Crippen LogP contribution in [0, 0.1) is 17.2 Å². The summed E-state index contributed by atoms with van der Waals surface area (Å²) in [5.74, 6) is -2.14. The van der Waals surface area contributed by atoms with Gasteiger partial charge < -0.3 is 9.64 Å². The lowest BCUT2D eigenvalue weighted by atomic mass is 10.0. The number of nitriles is 1. The molecule has 0 unspecified atom stereocenters. The molecule has 0 amide bonds. The lowest BCUT2D eigenvalue weighted by Gasteiger charge is -2.25. The number of benzene rings is 1. The fourth-order valence-electron chi connectivity index (χ4n) is 2.36. The van der Waals surface area contributed by atoms with E-state index in [0.717, 1.165) is 5.57 Å². The number of halogens is 1. The minimum atomic E-state index is -1.17. The summed E-state index contributed by atoms with van der Waals surface area (Å²) in [7, 11) is 0. The first kappa shape index (κ1) is 19.5. The van der Waals surface area contributed by atoms with Crippen LogP contribution in [0.3, 0.4) is 0 Å². The summed E-state index contributed by atoms with van der Waals surface area (Å²) in [6.07, 6.45) is 6.93. The van der Waals surface area contributed by atoms with Crippen LogP contribution >= 0.6 is 11.6 Å². The monoisotopic (exact) mass is 370 g/mol. The molecule has 0 radical (unpaired) electrons. The summed E-state index contributed by atoms with van der Waals surface area (Å²) in [6, 6.07) is 8.35. The minimum absolute atomic E-state index is 0.164. The number of carbonyl (C=O) groups excluding carboxylic acids is 2. The molecule has 0 spiro atoms. The zero-order valence-electron chi connectivity index (χ0n) is 14.6. The number of allylic oxidation sites excluding steroid dienone is 3. The summed E-state index contributed by atoms with van der Waals surface area (Å²) >= 11 is 5.88. The maximum Gasteiger partial charge on any atom is 0.327 e. The first-order valence-electron chi connectivity index (χ1n) is 8.16. The second kappa shape index (κ2) is 9.02. The highest BCUT2D eigenvalue weighted by Crippen LogP contribution is 2.21. The van der Waals surface area contributed by atoms with Crippen LogP contribution in [0.1, 0.15) is 24.2 Å². The lowest BCUT2D eigenvalue weighted by Crippen LogP contribution is -2.27. The van der Waals surface area contributed by atoms with Gasteiger partial charge in [-0.15, -0.1) is 0 Å². The Morgan fingerprint density at radius 2 is 2.08 bits per heavy atom. The lowest BCUT2D eigenvalue weighted by molar-refractivity contribution is -0.144. The highest BCUT2D eigenvalue weighted by Gasteiger charge is 2.24. The average molecular weight is 371 g/mol. The maximum atomic E-state index is 13.0. The topological polar surface area (TPSA) is 70.4 Å². The fraction of sp³-hybridized carbons (Fsp3) is 0.250. The molecule has 1 atom stereocenters. The van der Waals surface area contributed by atoms with Crippen molar-refractivity contribution in [3.63, 3.8) is 0 Å². The molecule has 0 saturated heterocycles. The third-order valence-corrected chi connectivity index (χ3v) is 4.03. The van der Waals surface area contributed by atoms with E-state index in [1.54, 1.807) is 42.3 Å². The summed E-state index contributed by atoms with van der Waals surface area (Å²) in [5, 5.41) is 9.85. The summed E-state index contributed by atoms with van der Waals surface area (Å²) < 4.78 is 4.92. The molecule has 1 aromatic rings. The Kier molecular flexibility index (Phi) is 6.76. The van der Waals surface area contributed by atoms with Gasteiger partial charge in [-0.2, -0.15) is 5.26 Å². The van der Waals surface area contributed by atoms with Gasteiger partial charge in [0.2, 0.25) is 5.78 Å². The molecule has 1 heterocycles. The summed E-state index contributed by atoms with van der Waals surface area (Å²) in [5.41, 5.74) is 1.73. The first-order valence-corrected chi connectivity index (χ1v) is 8.54. The van der Waals surface area contributed by atoms with Gasteiger partial charge in [0.25, 0.3) is 0 Å². The van der Waals surface area contributed by atoms with Gasteiger partial charge in [0.15, 0.2) is 5.92 Å². The largest absolute Gasteiger partial charge is 0.465 e. The Labute approximate surface area is 157 Å². The van der Waals surface area contributed by atoms with Crippen LogP contribution in [0.25, 0.3) is 0 Å². The quantitative estimate of drug-likeness (QED) is 0.431. The van der Waals surface area contributed by atoms with Crippen molar-refractivity contribution in [3.8, 4) is 6.07 Å². The molecule has 0 aliphatic carbocycles. The van der Waals surface area contributed by atoms with Crippen LogP contribution in [-0.4, -0.2) is 29.8 Å². The highest BCUT2D eigenvalue weighted by molar-refractivity contribution is 6.30. The van der Waals surface area contributed by atoms with Gasteiger partial charge in [0.1, 0.15) is 0 Å². The number of ketones is 1. The number of rotatable bonds is 6. The number of ether oxygens (including phenoxy) is 1. The second-order valence-electron chi connectivity index (χ2n) is 5.66. The van der Waals surface area contributed by atoms with Gasteiger partial charge in [-0.1, -0.05) is 23.3 Å². The number of hydrogen-bond donors (Lipinski definition) is 0. The van der Waals surface area contributed by atoms with Crippen LogP contribution in [0.5, 0.6) is 0 Å². The average Bonchev–Trinajstić information content (AvgIpc) is 2.64. The Bertz CT molecular complexity index is 816. The smallest absolute Gasteiger partial charge is 0.327 e. The van der Waals surface area contributed by atoms with Gasteiger partial charge in [0.05, 0.1) is 18.4 Å². The number of esters is 1. The molecule has 134 valence electrons. The van der Waals surface area contributed by atoms with Gasteiger partial charge in [-0.3, -0.25) is 9.59 Å². The van der Waals surface area contributed by atoms with Crippen molar-refractivity contribution >= 4 is 23.4 Å². The van der Waals surface area contributed by atoms with Crippen LogP contribution in [0.4, 0.5) is 0 Å². The minimum Gasteiger partial charge on any atom is -0.465 e. The molecule has 1 aromatic carbocycles. The fourth-order valence-corrected chi connectivity index (χ4v) is 2.48. The highest BCUT2D eigenvalue weighted by atomic mass is 35.5. The first-order chi connectivity index (χ1) is 12.5. The third kappa shape index (κ3) is 4.84. The molecule has 0 bridgehead atoms. The van der Waals surface area contributed by atoms with Gasteiger partial charge in [-0.05, 0) is 50.3 Å². The Morgan fingerprint density at radius 1 is 1.38 bits per heavy atom. The van der Waals surface area contributed by atoms with Crippen LogP contribution in [0.15, 0.2) is 60.0 Å². The van der Waals surface area contributed by atoms with E-state index in [2.05, 4.69) is 0 Å². The molecular weight excluding hydrogens is 352 g/mol. The molecule has 0 fully saturated rings. The molecule has 2 rings (SSSR count). The molecule has 6 heteroatoms. The molecular formula is C20H19ClN2O3. The molecule has 1 aliphatic heterocycles. The van der Waals surface area contributed by atoms with E-state index in [0.29, 0.717) is 17.1 Å². The van der Waals surface area contributed by atoms with E-state index in [4.69, 9.17) is 16.3 Å². The third-order valence-electron chi connectivity index (χ3n) is 3.78. The summed E-state index contributed by atoms with van der Waals surface area (Å²) in [4.78, 5) is 26.7. The zero-order valence-corrected chi connectivity index (χ0v) is 15.4. The Morgan fingerprint density at radius 3 is 2.62 bits per heavy atom. The van der Waals surface area contributed by atoms with Crippen molar-refractivity contribution in [2.75, 3.05) is 13.2 Å². The van der Waals surface area contributed by atoms with Crippen molar-refractivity contribution in [1.29, 1.82) is 5.26 Å². The predicted octanol–water partition coefficient (Wildman–Crippen LogP) is 3.89. The van der Waals surface area contributed by atoms with Crippen LogP contribution < -0.4 is 0 Å². The van der Waals surface area contributed by atoms with Crippen molar-refractivity contribution in [1.82, 2.24) is 4.90 Å². The van der Waals surface area contributed by atoms with E-state index in [1.807, 2.05) is 25.1 Å². The van der Waals surface area contributed by atoms with Crippen molar-refractivity contribution in [2.24, 2.45) is 5.92 Å². The van der Waals surface area contributed by atoms with Crippen LogP contribution in [-0.2, 0) is 9.53 Å². The van der Waals surface area contributed by atoms with E-state index in [9.17, 15) is 14.9 Å². The number of carbonyl (C=O) groups is 2. The van der Waals surface area contributed by atoms with Crippen molar-refractivity contribution in [3.05, 3.63) is 70.5 Å². The van der Waals surface area contributed by atoms with Gasteiger partial charge in [-0.25, -0.2) is 0 Å². The van der Waals surface area contributed by atoms with E-state index >= 15 is 0 Å².